The van der Waals surface area contributed by atoms with Gasteiger partial charge in [-0.15, -0.1) is 0 Å². The average Bonchev–Trinajstić information content (AvgIpc) is 3.64. The molecule has 0 spiro atoms. The Labute approximate surface area is 201 Å². The van der Waals surface area contributed by atoms with Crippen molar-refractivity contribution in [2.45, 2.75) is 32.2 Å². The van der Waals surface area contributed by atoms with Crippen molar-refractivity contribution in [1.82, 2.24) is 4.98 Å². The van der Waals surface area contributed by atoms with Crippen LogP contribution in [0, 0.1) is 11.2 Å². The number of nitrogens with one attached hydrogen (secondary N) is 3. The van der Waals surface area contributed by atoms with Crippen molar-refractivity contribution in [2.75, 3.05) is 22.6 Å². The monoisotopic (exact) mass is 476 g/mol. The van der Waals surface area contributed by atoms with Crippen molar-refractivity contribution in [2.24, 2.45) is 5.41 Å². The van der Waals surface area contributed by atoms with E-state index in [9.17, 15) is 14.0 Å². The third-order valence-electron chi connectivity index (χ3n) is 5.96. The fourth-order valence-electron chi connectivity index (χ4n) is 3.80. The van der Waals surface area contributed by atoms with Gasteiger partial charge >= 0.3 is 0 Å². The van der Waals surface area contributed by atoms with Crippen molar-refractivity contribution in [3.05, 3.63) is 66.6 Å². The number of halogens is 1. The van der Waals surface area contributed by atoms with Crippen molar-refractivity contribution >= 4 is 29.0 Å². The van der Waals surface area contributed by atoms with Crippen molar-refractivity contribution in [3.63, 3.8) is 0 Å². The maximum absolute atomic E-state index is 13.1. The van der Waals surface area contributed by atoms with Gasteiger partial charge in [0.2, 0.25) is 17.6 Å². The molecule has 1 fully saturated rings. The largest absolute Gasteiger partial charge is 0.484 e. The van der Waals surface area contributed by atoms with E-state index in [0.717, 1.165) is 0 Å². The first kappa shape index (κ1) is 22.6. The highest BCUT2D eigenvalue weighted by Crippen LogP contribution is 2.47. The smallest absolute Gasteiger partial charge is 0.240 e. The normalized spacial score (nSPS) is 16.7. The number of benzene rings is 2. The topological polar surface area (TPSA) is 102 Å². The molecular formula is C26H25FN4O4. The van der Waals surface area contributed by atoms with Crippen LogP contribution in [0.5, 0.6) is 17.2 Å². The summed E-state index contributed by atoms with van der Waals surface area (Å²) < 4.78 is 25.0. The van der Waals surface area contributed by atoms with Crippen LogP contribution in [0.3, 0.4) is 0 Å². The molecule has 1 saturated carbocycles. The summed E-state index contributed by atoms with van der Waals surface area (Å²) in [5, 5.41) is 8.83. The van der Waals surface area contributed by atoms with E-state index >= 15 is 0 Å². The summed E-state index contributed by atoms with van der Waals surface area (Å²) in [4.78, 5) is 29.9. The Bertz CT molecular complexity index is 1270. The van der Waals surface area contributed by atoms with Gasteiger partial charge in [-0.3, -0.25) is 9.59 Å². The van der Waals surface area contributed by atoms with Crippen LogP contribution >= 0.6 is 0 Å². The SMILES string of the molecule is CC1(C)COc2c(Oc3ccc(NC(=O)C4(C(=O)Nc5ccc(F)cc5)CC4)cc3)ccnc2N1. The predicted octanol–water partition coefficient (Wildman–Crippen LogP) is 4.95. The van der Waals surface area contributed by atoms with E-state index in [1.807, 2.05) is 13.8 Å². The molecule has 2 amide bonds. The van der Waals surface area contributed by atoms with E-state index in [0.29, 0.717) is 53.9 Å². The van der Waals surface area contributed by atoms with Crippen molar-refractivity contribution in [1.29, 1.82) is 0 Å². The zero-order valence-electron chi connectivity index (χ0n) is 19.4. The number of rotatable bonds is 6. The summed E-state index contributed by atoms with van der Waals surface area (Å²) >= 11 is 0. The Morgan fingerprint density at radius 2 is 1.57 bits per heavy atom. The highest BCUT2D eigenvalue weighted by molar-refractivity contribution is 6.16. The number of carbonyl (C=O) groups is 2. The summed E-state index contributed by atoms with van der Waals surface area (Å²) in [6.07, 6.45) is 2.54. The van der Waals surface area contributed by atoms with Gasteiger partial charge in [-0.05, 0) is 75.2 Å². The molecule has 35 heavy (non-hydrogen) atoms. The fourth-order valence-corrected chi connectivity index (χ4v) is 3.80. The number of aromatic nitrogens is 1. The van der Waals surface area contributed by atoms with Gasteiger partial charge in [0.15, 0.2) is 11.6 Å². The van der Waals surface area contributed by atoms with Crippen LogP contribution in [-0.4, -0.2) is 28.9 Å². The summed E-state index contributed by atoms with van der Waals surface area (Å²) in [6, 6.07) is 14.0. The first-order chi connectivity index (χ1) is 16.7. The molecule has 1 aliphatic carbocycles. The molecule has 1 aromatic heterocycles. The number of pyridine rings is 1. The number of ether oxygens (including phenoxy) is 2. The van der Waals surface area contributed by atoms with E-state index < -0.39 is 17.1 Å². The van der Waals surface area contributed by atoms with Gasteiger partial charge in [-0.25, -0.2) is 9.37 Å². The summed E-state index contributed by atoms with van der Waals surface area (Å²) in [7, 11) is 0. The van der Waals surface area contributed by atoms with Gasteiger partial charge in [0.25, 0.3) is 0 Å². The second-order valence-corrected chi connectivity index (χ2v) is 9.41. The quantitative estimate of drug-likeness (QED) is 0.435. The van der Waals surface area contributed by atoms with Crippen molar-refractivity contribution < 1.29 is 23.5 Å². The lowest BCUT2D eigenvalue weighted by molar-refractivity contribution is -0.131. The lowest BCUT2D eigenvalue weighted by Crippen LogP contribution is -2.41. The van der Waals surface area contributed by atoms with Crippen LogP contribution in [0.15, 0.2) is 60.8 Å². The third-order valence-corrected chi connectivity index (χ3v) is 5.96. The van der Waals surface area contributed by atoms with Gasteiger partial charge in [0.05, 0.1) is 5.54 Å². The van der Waals surface area contributed by atoms with Crippen LogP contribution in [0.1, 0.15) is 26.7 Å². The zero-order valence-corrected chi connectivity index (χ0v) is 19.4. The third kappa shape index (κ3) is 4.75. The van der Waals surface area contributed by atoms with Crippen molar-refractivity contribution in [3.8, 4) is 17.2 Å². The molecular weight excluding hydrogens is 451 g/mol. The number of anilines is 3. The van der Waals surface area contributed by atoms with Crippen LogP contribution in [0.4, 0.5) is 21.6 Å². The number of hydrogen-bond donors (Lipinski definition) is 3. The van der Waals surface area contributed by atoms with E-state index in [2.05, 4.69) is 20.9 Å². The van der Waals surface area contributed by atoms with Gasteiger partial charge in [0, 0.05) is 23.6 Å². The van der Waals surface area contributed by atoms with E-state index in [-0.39, 0.29) is 11.4 Å². The molecule has 2 heterocycles. The molecule has 0 saturated heterocycles. The maximum atomic E-state index is 13.1. The van der Waals surface area contributed by atoms with E-state index in [1.165, 1.54) is 24.3 Å². The molecule has 9 heteroatoms. The number of amides is 2. The summed E-state index contributed by atoms with van der Waals surface area (Å²) in [5.74, 6) is 1.08. The van der Waals surface area contributed by atoms with Crippen LogP contribution in [0.2, 0.25) is 0 Å². The molecule has 2 aliphatic rings. The van der Waals surface area contributed by atoms with Gasteiger partial charge in [0.1, 0.15) is 23.6 Å². The first-order valence-electron chi connectivity index (χ1n) is 11.3. The Morgan fingerprint density at radius 1 is 0.971 bits per heavy atom. The minimum Gasteiger partial charge on any atom is -0.484 e. The standard InChI is InChI=1S/C26H25FN4O4/c1-25(2)15-34-21-20(11-14-28-22(21)31-25)35-19-9-7-18(8-10-19)30-24(33)26(12-13-26)23(32)29-17-5-3-16(27)4-6-17/h3-11,14H,12-13,15H2,1-2H3,(H,28,31)(H,29,32)(H,30,33). The van der Waals surface area contributed by atoms with Crippen LogP contribution < -0.4 is 25.4 Å². The summed E-state index contributed by atoms with van der Waals surface area (Å²) in [5.41, 5.74) is -0.372. The molecule has 0 unspecified atom stereocenters. The van der Waals surface area contributed by atoms with E-state index in [4.69, 9.17) is 9.47 Å². The zero-order chi connectivity index (χ0) is 24.6. The minimum atomic E-state index is -1.13. The number of nitrogens with zero attached hydrogens (tertiary/aromatic N) is 1. The molecule has 180 valence electrons. The summed E-state index contributed by atoms with van der Waals surface area (Å²) in [6.45, 7) is 4.52. The highest BCUT2D eigenvalue weighted by atomic mass is 19.1. The molecule has 0 bridgehead atoms. The predicted molar refractivity (Wildman–Crippen MR) is 129 cm³/mol. The Morgan fingerprint density at radius 3 is 2.17 bits per heavy atom. The Kier molecular flexibility index (Phi) is 5.55. The highest BCUT2D eigenvalue weighted by Gasteiger charge is 2.56. The maximum Gasteiger partial charge on any atom is 0.240 e. The number of fused-ring (bicyclic) bond motifs is 1. The van der Waals surface area contributed by atoms with E-state index in [1.54, 1.807) is 36.5 Å². The number of hydrogen-bond acceptors (Lipinski definition) is 6. The second kappa shape index (κ2) is 8.57. The second-order valence-electron chi connectivity index (χ2n) is 9.41. The molecule has 8 nitrogen and oxygen atoms in total. The number of carbonyl (C=O) groups excluding carboxylic acids is 2. The van der Waals surface area contributed by atoms with Gasteiger partial charge in [-0.2, -0.15) is 0 Å². The molecule has 1 aliphatic heterocycles. The molecule has 3 aromatic rings. The fraction of sp³-hybridized carbons (Fsp3) is 0.269. The minimum absolute atomic E-state index is 0.229. The average molecular weight is 477 g/mol. The molecule has 0 atom stereocenters. The van der Waals surface area contributed by atoms with Crippen LogP contribution in [-0.2, 0) is 9.59 Å². The Hall–Kier alpha value is -4.14. The molecule has 2 aromatic carbocycles. The Balaban J connectivity index is 1.23. The lowest BCUT2D eigenvalue weighted by Gasteiger charge is -2.33. The molecule has 3 N–H and O–H groups in total. The lowest BCUT2D eigenvalue weighted by atomic mass is 10.0. The van der Waals surface area contributed by atoms with Gasteiger partial charge in [-0.1, -0.05) is 0 Å². The van der Waals surface area contributed by atoms with Crippen LogP contribution in [0.25, 0.3) is 0 Å². The van der Waals surface area contributed by atoms with Gasteiger partial charge < -0.3 is 25.4 Å². The first-order valence-corrected chi connectivity index (χ1v) is 11.3. The molecule has 0 radical (unpaired) electrons. The molecule has 5 rings (SSSR count).